The van der Waals surface area contributed by atoms with E-state index in [0.717, 1.165) is 31.9 Å². The third-order valence-corrected chi connectivity index (χ3v) is 6.68. The van der Waals surface area contributed by atoms with E-state index >= 15 is 0 Å². The molecule has 2 heterocycles. The minimum Gasteiger partial charge on any atom is -0.314 e. The van der Waals surface area contributed by atoms with Crippen molar-refractivity contribution < 1.29 is 8.42 Å². The van der Waals surface area contributed by atoms with Gasteiger partial charge in [-0.3, -0.25) is 4.90 Å². The molecule has 1 saturated heterocycles. The number of thiazole rings is 1. The highest BCUT2D eigenvalue weighted by Crippen LogP contribution is 2.35. The Labute approximate surface area is 137 Å². The molecule has 1 aromatic rings. The van der Waals surface area contributed by atoms with E-state index in [4.69, 9.17) is 0 Å². The number of hydrogen-bond acceptors (Lipinski definition) is 6. The Morgan fingerprint density at radius 3 is 2.86 bits per heavy atom. The van der Waals surface area contributed by atoms with Crippen molar-refractivity contribution in [3.63, 3.8) is 0 Å². The SMILES string of the molecule is CS(=O)(=O)Cc1nc(CN2CCNCC23CCCCC3)cs1. The number of piperazine rings is 1. The van der Waals surface area contributed by atoms with Crippen LogP contribution in [0.2, 0.25) is 0 Å². The first-order valence-electron chi connectivity index (χ1n) is 8.04. The highest BCUT2D eigenvalue weighted by molar-refractivity contribution is 7.90. The first-order chi connectivity index (χ1) is 10.5. The topological polar surface area (TPSA) is 62.3 Å². The Hall–Kier alpha value is -0.500. The zero-order valence-corrected chi connectivity index (χ0v) is 14.8. The lowest BCUT2D eigenvalue weighted by molar-refractivity contribution is 0.0200. The first-order valence-corrected chi connectivity index (χ1v) is 11.0. The molecule has 2 fully saturated rings. The zero-order valence-electron chi connectivity index (χ0n) is 13.2. The van der Waals surface area contributed by atoms with E-state index in [-0.39, 0.29) is 11.3 Å². The predicted molar refractivity (Wildman–Crippen MR) is 89.8 cm³/mol. The highest BCUT2D eigenvalue weighted by atomic mass is 32.2. The molecule has 124 valence electrons. The van der Waals surface area contributed by atoms with Crippen LogP contribution in [-0.4, -0.2) is 49.7 Å². The summed E-state index contributed by atoms with van der Waals surface area (Å²) in [6.07, 6.45) is 7.77. The predicted octanol–water partition coefficient (Wildman–Crippen LogP) is 1.80. The normalized spacial score (nSPS) is 23.0. The molecule has 5 nitrogen and oxygen atoms in total. The van der Waals surface area contributed by atoms with Crippen molar-refractivity contribution in [3.8, 4) is 0 Å². The Morgan fingerprint density at radius 1 is 1.36 bits per heavy atom. The minimum atomic E-state index is -3.00. The summed E-state index contributed by atoms with van der Waals surface area (Å²) < 4.78 is 22.8. The number of nitrogens with zero attached hydrogens (tertiary/aromatic N) is 2. The quantitative estimate of drug-likeness (QED) is 0.903. The first kappa shape index (κ1) is 16.4. The van der Waals surface area contributed by atoms with Crippen LogP contribution < -0.4 is 5.32 Å². The molecule has 1 spiro atoms. The fraction of sp³-hybridized carbons (Fsp3) is 0.800. The van der Waals surface area contributed by atoms with E-state index in [1.807, 2.05) is 5.38 Å². The fourth-order valence-electron chi connectivity index (χ4n) is 3.74. The molecule has 0 aromatic carbocycles. The standard InChI is InChI=1S/C15H25N3O2S2/c1-22(19,20)11-14-17-13(10-21-14)9-18-8-7-16-12-15(18)5-3-2-4-6-15/h10,16H,2-9,11-12H2,1H3. The maximum Gasteiger partial charge on any atom is 0.153 e. The Balaban J connectivity index is 1.70. The van der Waals surface area contributed by atoms with Gasteiger partial charge in [0, 0.05) is 43.4 Å². The van der Waals surface area contributed by atoms with Crippen molar-refractivity contribution in [2.24, 2.45) is 0 Å². The van der Waals surface area contributed by atoms with Gasteiger partial charge < -0.3 is 5.32 Å². The summed E-state index contributed by atoms with van der Waals surface area (Å²) >= 11 is 1.47. The molecular weight excluding hydrogens is 318 g/mol. The smallest absolute Gasteiger partial charge is 0.153 e. The van der Waals surface area contributed by atoms with Gasteiger partial charge in [0.05, 0.1) is 5.69 Å². The van der Waals surface area contributed by atoms with Gasteiger partial charge in [-0.2, -0.15) is 0 Å². The lowest BCUT2D eigenvalue weighted by Gasteiger charge is -2.49. The zero-order chi connectivity index (χ0) is 15.6. The van der Waals surface area contributed by atoms with Crippen molar-refractivity contribution in [3.05, 3.63) is 16.1 Å². The maximum absolute atomic E-state index is 11.4. The van der Waals surface area contributed by atoms with Gasteiger partial charge in [0.25, 0.3) is 0 Å². The van der Waals surface area contributed by atoms with Gasteiger partial charge in [-0.25, -0.2) is 13.4 Å². The Bertz CT molecular complexity index is 598. The van der Waals surface area contributed by atoms with Crippen LogP contribution in [0.1, 0.15) is 42.8 Å². The second kappa shape index (κ2) is 6.55. The summed E-state index contributed by atoms with van der Waals surface area (Å²) in [5.74, 6) is 0.0599. The molecule has 1 aliphatic heterocycles. The number of aromatic nitrogens is 1. The average Bonchev–Trinajstić information content (AvgIpc) is 2.88. The second-order valence-corrected chi connectivity index (χ2v) is 9.77. The van der Waals surface area contributed by atoms with E-state index in [0.29, 0.717) is 5.01 Å². The van der Waals surface area contributed by atoms with E-state index in [2.05, 4.69) is 15.2 Å². The molecule has 0 radical (unpaired) electrons. The molecular formula is C15H25N3O2S2. The van der Waals surface area contributed by atoms with Crippen LogP contribution in [0, 0.1) is 0 Å². The molecule has 1 aliphatic carbocycles. The highest BCUT2D eigenvalue weighted by Gasteiger charge is 2.39. The molecule has 1 aromatic heterocycles. The third kappa shape index (κ3) is 3.88. The molecule has 0 atom stereocenters. The summed E-state index contributed by atoms with van der Waals surface area (Å²) in [6, 6.07) is 0. The van der Waals surface area contributed by atoms with Crippen LogP contribution >= 0.6 is 11.3 Å². The van der Waals surface area contributed by atoms with Gasteiger partial charge in [0.15, 0.2) is 9.84 Å². The molecule has 0 bridgehead atoms. The molecule has 3 rings (SSSR count). The second-order valence-electron chi connectivity index (χ2n) is 6.69. The number of sulfone groups is 1. The molecule has 2 aliphatic rings. The van der Waals surface area contributed by atoms with Crippen LogP contribution in [0.25, 0.3) is 0 Å². The fourth-order valence-corrected chi connectivity index (χ4v) is 5.74. The summed E-state index contributed by atoms with van der Waals surface area (Å²) in [6.45, 7) is 4.01. The van der Waals surface area contributed by atoms with Gasteiger partial charge >= 0.3 is 0 Å². The maximum atomic E-state index is 11.4. The molecule has 7 heteroatoms. The van der Waals surface area contributed by atoms with Crippen molar-refractivity contribution in [2.75, 3.05) is 25.9 Å². The number of hydrogen-bond donors (Lipinski definition) is 1. The van der Waals surface area contributed by atoms with Crippen LogP contribution in [0.4, 0.5) is 0 Å². The number of nitrogens with one attached hydrogen (secondary N) is 1. The average molecular weight is 344 g/mol. The molecule has 22 heavy (non-hydrogen) atoms. The van der Waals surface area contributed by atoms with Crippen molar-refractivity contribution in [1.82, 2.24) is 15.2 Å². The Kier molecular flexibility index (Phi) is 4.87. The largest absolute Gasteiger partial charge is 0.314 e. The van der Waals surface area contributed by atoms with E-state index < -0.39 is 9.84 Å². The minimum absolute atomic E-state index is 0.0599. The van der Waals surface area contributed by atoms with Gasteiger partial charge in [0.2, 0.25) is 0 Å². The summed E-state index contributed by atoms with van der Waals surface area (Å²) in [5.41, 5.74) is 1.31. The van der Waals surface area contributed by atoms with Crippen molar-refractivity contribution >= 4 is 21.2 Å². The molecule has 0 unspecified atom stereocenters. The monoisotopic (exact) mass is 343 g/mol. The van der Waals surface area contributed by atoms with Gasteiger partial charge in [-0.15, -0.1) is 11.3 Å². The lowest BCUT2D eigenvalue weighted by atomic mass is 9.79. The van der Waals surface area contributed by atoms with Gasteiger partial charge in [0.1, 0.15) is 10.8 Å². The van der Waals surface area contributed by atoms with Crippen LogP contribution in [0.15, 0.2) is 5.38 Å². The van der Waals surface area contributed by atoms with Crippen molar-refractivity contribution in [1.29, 1.82) is 0 Å². The summed E-state index contributed by atoms with van der Waals surface area (Å²) in [7, 11) is -3.00. The van der Waals surface area contributed by atoms with Crippen LogP contribution in [-0.2, 0) is 22.1 Å². The van der Waals surface area contributed by atoms with Gasteiger partial charge in [-0.05, 0) is 12.8 Å². The summed E-state index contributed by atoms with van der Waals surface area (Å²) in [4.78, 5) is 7.13. The molecule has 1 N–H and O–H groups in total. The van der Waals surface area contributed by atoms with E-state index in [1.165, 1.54) is 49.7 Å². The van der Waals surface area contributed by atoms with Crippen molar-refractivity contribution in [2.45, 2.75) is 49.9 Å². The van der Waals surface area contributed by atoms with Crippen LogP contribution in [0.5, 0.6) is 0 Å². The van der Waals surface area contributed by atoms with Gasteiger partial charge in [-0.1, -0.05) is 19.3 Å². The number of rotatable bonds is 4. The van der Waals surface area contributed by atoms with E-state index in [1.54, 1.807) is 0 Å². The third-order valence-electron chi connectivity index (χ3n) is 4.81. The van der Waals surface area contributed by atoms with E-state index in [9.17, 15) is 8.42 Å². The lowest BCUT2D eigenvalue weighted by Crippen LogP contribution is -2.61. The van der Waals surface area contributed by atoms with Crippen LogP contribution in [0.3, 0.4) is 0 Å². The molecule has 0 amide bonds. The molecule has 1 saturated carbocycles. The summed E-state index contributed by atoms with van der Waals surface area (Å²) in [5, 5.41) is 6.30. The Morgan fingerprint density at radius 2 is 2.14 bits per heavy atom.